The van der Waals surface area contributed by atoms with Crippen LogP contribution in [0.25, 0.3) is 0 Å². The van der Waals surface area contributed by atoms with Crippen LogP contribution in [0.5, 0.6) is 17.2 Å². The van der Waals surface area contributed by atoms with E-state index in [1.165, 1.54) is 17.0 Å². The van der Waals surface area contributed by atoms with Crippen LogP contribution in [0.15, 0.2) is 46.0 Å². The molecule has 1 aliphatic rings. The van der Waals surface area contributed by atoms with Gasteiger partial charge in [-0.1, -0.05) is 19.1 Å². The van der Waals surface area contributed by atoms with Gasteiger partial charge in [0.05, 0.1) is 17.3 Å². The van der Waals surface area contributed by atoms with E-state index in [1.807, 2.05) is 19.1 Å². The van der Waals surface area contributed by atoms with Crippen molar-refractivity contribution < 1.29 is 19.4 Å². The smallest absolute Gasteiger partial charge is 0.288 e. The first-order chi connectivity index (χ1) is 16.3. The van der Waals surface area contributed by atoms with E-state index in [0.29, 0.717) is 17.9 Å². The van der Waals surface area contributed by atoms with Crippen LogP contribution in [0.2, 0.25) is 0 Å². The van der Waals surface area contributed by atoms with Gasteiger partial charge in [-0.05, 0) is 36.2 Å². The standard InChI is InChI=1S/C23H25N5O6/c1-4-14(12-8-9-16-17(10-12)34-11-33-16)24-18-19(22(31)27-26-21(18)30)25-15-7-5-6-13(20(15)29)23(32)28(2)3/h5-10,14,29H,4,11H2,1-3H3,(H2,24,27,31)(H2,25,26,30). The summed E-state index contributed by atoms with van der Waals surface area (Å²) >= 11 is 0. The van der Waals surface area contributed by atoms with Crippen LogP contribution < -0.4 is 31.2 Å². The molecule has 0 saturated heterocycles. The minimum Gasteiger partial charge on any atom is -0.505 e. The molecule has 0 fully saturated rings. The maximum absolute atomic E-state index is 12.7. The van der Waals surface area contributed by atoms with E-state index in [0.717, 1.165) is 5.56 Å². The van der Waals surface area contributed by atoms with Gasteiger partial charge in [0.15, 0.2) is 17.2 Å². The molecule has 2 aromatic carbocycles. The molecule has 4 rings (SSSR count). The number of phenolic OH excluding ortho intramolecular Hbond substituents is 1. The second-order valence-corrected chi connectivity index (χ2v) is 7.90. The van der Waals surface area contributed by atoms with Crippen LogP contribution >= 0.6 is 0 Å². The monoisotopic (exact) mass is 467 g/mol. The number of H-pyrrole nitrogens is 2. The second-order valence-electron chi connectivity index (χ2n) is 7.90. The van der Waals surface area contributed by atoms with Gasteiger partial charge in [-0.15, -0.1) is 0 Å². The number of nitrogens with one attached hydrogen (secondary N) is 4. The number of aromatic hydroxyl groups is 1. The molecule has 0 spiro atoms. The molecule has 1 unspecified atom stereocenters. The van der Waals surface area contributed by atoms with E-state index in [2.05, 4.69) is 20.8 Å². The zero-order valence-corrected chi connectivity index (χ0v) is 18.9. The van der Waals surface area contributed by atoms with Crippen molar-refractivity contribution in [3.63, 3.8) is 0 Å². The molecule has 2 heterocycles. The summed E-state index contributed by atoms with van der Waals surface area (Å²) in [6, 6.07) is 9.65. The van der Waals surface area contributed by atoms with Gasteiger partial charge in [-0.25, -0.2) is 0 Å². The predicted octanol–water partition coefficient (Wildman–Crippen LogP) is 2.51. The zero-order chi connectivity index (χ0) is 24.4. The highest BCUT2D eigenvalue weighted by atomic mass is 16.7. The number of nitrogens with zero attached hydrogens (tertiary/aromatic N) is 1. The van der Waals surface area contributed by atoms with Crippen molar-refractivity contribution in [2.45, 2.75) is 19.4 Å². The van der Waals surface area contributed by atoms with Gasteiger partial charge in [0.2, 0.25) is 6.79 Å². The number of carbonyl (C=O) groups is 1. The van der Waals surface area contributed by atoms with Gasteiger partial charge in [0.1, 0.15) is 11.4 Å². The number of carbonyl (C=O) groups excluding carboxylic acids is 1. The summed E-state index contributed by atoms with van der Waals surface area (Å²) in [6.07, 6.45) is 0.587. The number of rotatable bonds is 7. The fraction of sp³-hybridized carbons (Fsp3) is 0.261. The van der Waals surface area contributed by atoms with Gasteiger partial charge < -0.3 is 30.1 Å². The number of anilines is 3. The van der Waals surface area contributed by atoms with Crippen molar-refractivity contribution in [2.24, 2.45) is 0 Å². The van der Waals surface area contributed by atoms with Crippen LogP contribution in [-0.2, 0) is 0 Å². The lowest BCUT2D eigenvalue weighted by atomic mass is 10.0. The fourth-order valence-corrected chi connectivity index (χ4v) is 3.64. The van der Waals surface area contributed by atoms with Crippen LogP contribution in [0.4, 0.5) is 17.1 Å². The van der Waals surface area contributed by atoms with Gasteiger partial charge in [0, 0.05) is 14.1 Å². The maximum atomic E-state index is 12.7. The third kappa shape index (κ3) is 4.27. The quantitative estimate of drug-likeness (QED) is 0.333. The number of amides is 1. The minimum absolute atomic E-state index is 0.0167. The SMILES string of the molecule is CCC(Nc1c(Nc2cccc(C(=O)N(C)C)c2O)c(=O)[nH][nH]c1=O)c1ccc2c(c1)OCO2. The van der Waals surface area contributed by atoms with Crippen molar-refractivity contribution in [2.75, 3.05) is 31.5 Å². The Morgan fingerprint density at radius 2 is 1.79 bits per heavy atom. The molecule has 11 heteroatoms. The summed E-state index contributed by atoms with van der Waals surface area (Å²) in [7, 11) is 3.12. The van der Waals surface area contributed by atoms with Gasteiger partial charge in [-0.3, -0.25) is 24.6 Å². The highest BCUT2D eigenvalue weighted by Crippen LogP contribution is 2.36. The lowest BCUT2D eigenvalue weighted by Crippen LogP contribution is -2.27. The van der Waals surface area contributed by atoms with Crippen molar-refractivity contribution in [1.82, 2.24) is 15.1 Å². The van der Waals surface area contributed by atoms with Gasteiger partial charge in [0.25, 0.3) is 17.0 Å². The molecule has 1 amide bonds. The minimum atomic E-state index is -0.619. The second kappa shape index (κ2) is 9.22. The molecule has 5 N–H and O–H groups in total. The van der Waals surface area contributed by atoms with E-state index < -0.39 is 17.0 Å². The molecule has 1 aliphatic heterocycles. The normalized spacial score (nSPS) is 12.8. The van der Waals surface area contributed by atoms with Gasteiger partial charge >= 0.3 is 0 Å². The van der Waals surface area contributed by atoms with Crippen LogP contribution in [-0.4, -0.2) is 47.0 Å². The molecular formula is C23H25N5O6. The summed E-state index contributed by atoms with van der Waals surface area (Å²) in [5.41, 5.74) is -0.322. The molecule has 0 radical (unpaired) electrons. The summed E-state index contributed by atoms with van der Waals surface area (Å²) in [4.78, 5) is 39.1. The Hall–Kier alpha value is -4.41. The summed E-state index contributed by atoms with van der Waals surface area (Å²) in [6.45, 7) is 2.07. The molecule has 1 aromatic heterocycles. The zero-order valence-electron chi connectivity index (χ0n) is 18.9. The first-order valence-corrected chi connectivity index (χ1v) is 10.6. The average Bonchev–Trinajstić information content (AvgIpc) is 3.30. The summed E-state index contributed by atoms with van der Waals surface area (Å²) < 4.78 is 10.8. The number of aromatic amines is 2. The molecular weight excluding hydrogens is 442 g/mol. The molecule has 178 valence electrons. The molecule has 34 heavy (non-hydrogen) atoms. The lowest BCUT2D eigenvalue weighted by molar-refractivity contribution is 0.0824. The van der Waals surface area contributed by atoms with Crippen LogP contribution in [0, 0.1) is 0 Å². The van der Waals surface area contributed by atoms with E-state index in [-0.39, 0.29) is 41.2 Å². The van der Waals surface area contributed by atoms with E-state index >= 15 is 0 Å². The molecule has 0 saturated carbocycles. The largest absolute Gasteiger partial charge is 0.505 e. The Bertz CT molecular complexity index is 1350. The maximum Gasteiger partial charge on any atom is 0.288 e. The number of para-hydroxylation sites is 1. The van der Waals surface area contributed by atoms with E-state index in [4.69, 9.17) is 9.47 Å². The number of hydrogen-bond donors (Lipinski definition) is 5. The number of aromatic nitrogens is 2. The first-order valence-electron chi connectivity index (χ1n) is 10.6. The third-order valence-electron chi connectivity index (χ3n) is 5.45. The summed E-state index contributed by atoms with van der Waals surface area (Å²) in [5.74, 6) is 0.489. The van der Waals surface area contributed by atoms with Gasteiger partial charge in [-0.2, -0.15) is 0 Å². The Morgan fingerprint density at radius 1 is 1.09 bits per heavy atom. The predicted molar refractivity (Wildman–Crippen MR) is 126 cm³/mol. The molecule has 1 atom stereocenters. The first kappa shape index (κ1) is 22.8. The van der Waals surface area contributed by atoms with Crippen LogP contribution in [0.3, 0.4) is 0 Å². The van der Waals surface area contributed by atoms with Crippen molar-refractivity contribution in [1.29, 1.82) is 0 Å². The topological polar surface area (TPSA) is 149 Å². The Balaban J connectivity index is 1.71. The molecule has 0 aliphatic carbocycles. The van der Waals surface area contributed by atoms with Crippen molar-refractivity contribution in [3.05, 3.63) is 68.2 Å². The third-order valence-corrected chi connectivity index (χ3v) is 5.45. The molecule has 11 nitrogen and oxygen atoms in total. The fourth-order valence-electron chi connectivity index (χ4n) is 3.64. The summed E-state index contributed by atoms with van der Waals surface area (Å²) in [5, 5.41) is 21.2. The molecule has 3 aromatic rings. The number of ether oxygens (including phenoxy) is 2. The van der Waals surface area contributed by atoms with E-state index in [9.17, 15) is 19.5 Å². The van der Waals surface area contributed by atoms with Crippen molar-refractivity contribution >= 4 is 23.0 Å². The number of hydrogen-bond acceptors (Lipinski definition) is 8. The average molecular weight is 467 g/mol. The Labute approximate surface area is 194 Å². The Kier molecular flexibility index (Phi) is 6.17. The van der Waals surface area contributed by atoms with E-state index in [1.54, 1.807) is 26.2 Å². The van der Waals surface area contributed by atoms with Crippen molar-refractivity contribution in [3.8, 4) is 17.2 Å². The Morgan fingerprint density at radius 3 is 2.50 bits per heavy atom. The highest BCUT2D eigenvalue weighted by Gasteiger charge is 2.22. The number of phenols is 1. The lowest BCUT2D eigenvalue weighted by Gasteiger charge is -2.21. The number of fused-ring (bicyclic) bond motifs is 1. The molecule has 0 bridgehead atoms. The van der Waals surface area contributed by atoms with Crippen LogP contribution in [0.1, 0.15) is 35.3 Å². The highest BCUT2D eigenvalue weighted by molar-refractivity contribution is 5.98. The number of benzene rings is 2.